The molecule has 45 heavy (non-hydrogen) atoms. The van der Waals surface area contributed by atoms with Crippen LogP contribution >= 0.6 is 15.9 Å². The van der Waals surface area contributed by atoms with Crippen molar-refractivity contribution in [2.45, 2.75) is 0 Å². The molecule has 2 aromatic carbocycles. The highest BCUT2D eigenvalue weighted by Gasteiger charge is 2.18. The number of carbonyl (C=O) groups excluding carboxylic acids is 1. The number of aromatic nitrogens is 3. The fourth-order valence-electron chi connectivity index (χ4n) is 4.80. The van der Waals surface area contributed by atoms with Gasteiger partial charge >= 0.3 is 0 Å². The summed E-state index contributed by atoms with van der Waals surface area (Å²) >= 11 is 3.53. The zero-order valence-electron chi connectivity index (χ0n) is 23.7. The molecule has 13 heteroatoms. The Balaban J connectivity index is 1.15. The number of rotatable bonds is 9. The molecule has 0 radical (unpaired) electrons. The number of nitrogens with zero attached hydrogens (tertiary/aromatic N) is 3. The number of ether oxygens (including phenoxy) is 3. The molecule has 1 aliphatic rings. The first-order valence-corrected chi connectivity index (χ1v) is 14.8. The van der Waals surface area contributed by atoms with E-state index in [2.05, 4.69) is 41.1 Å². The van der Waals surface area contributed by atoms with E-state index in [0.717, 1.165) is 25.7 Å². The first-order chi connectivity index (χ1) is 21.9. The molecule has 0 spiro atoms. The van der Waals surface area contributed by atoms with E-state index in [-0.39, 0.29) is 22.6 Å². The van der Waals surface area contributed by atoms with Crippen molar-refractivity contribution in [2.75, 3.05) is 44.8 Å². The monoisotopic (exact) mass is 677 g/mol. The number of H-pyrrole nitrogens is 1. The minimum Gasteiger partial charge on any atom is -0.475 e. The summed E-state index contributed by atoms with van der Waals surface area (Å²) < 4.78 is 46.2. The molecular formula is C32H26BrF2N5O5. The van der Waals surface area contributed by atoms with Crippen LogP contribution in [0, 0.1) is 11.6 Å². The van der Waals surface area contributed by atoms with E-state index in [1.54, 1.807) is 12.3 Å². The second-order valence-electron chi connectivity index (χ2n) is 10.1. The van der Waals surface area contributed by atoms with E-state index in [9.17, 15) is 14.0 Å². The van der Waals surface area contributed by atoms with Gasteiger partial charge in [0.15, 0.2) is 11.6 Å². The van der Waals surface area contributed by atoms with Gasteiger partial charge < -0.3 is 24.5 Å². The van der Waals surface area contributed by atoms with Crippen molar-refractivity contribution in [3.63, 3.8) is 0 Å². The molecule has 0 bridgehead atoms. The molecule has 3 aromatic heterocycles. The van der Waals surface area contributed by atoms with Crippen molar-refractivity contribution in [1.29, 1.82) is 0 Å². The fraction of sp³-hybridized carbons (Fsp3) is 0.188. The normalized spacial score (nSPS) is 13.5. The van der Waals surface area contributed by atoms with Gasteiger partial charge in [0.2, 0.25) is 11.3 Å². The van der Waals surface area contributed by atoms with Crippen LogP contribution in [-0.4, -0.2) is 65.2 Å². The van der Waals surface area contributed by atoms with E-state index in [0.29, 0.717) is 52.4 Å². The van der Waals surface area contributed by atoms with Crippen molar-refractivity contribution in [3.05, 3.63) is 105 Å². The molecule has 6 rings (SSSR count). The average molecular weight is 678 g/mol. The lowest BCUT2D eigenvalue weighted by Crippen LogP contribution is -2.38. The van der Waals surface area contributed by atoms with E-state index in [1.807, 2.05) is 0 Å². The molecule has 230 valence electrons. The summed E-state index contributed by atoms with van der Waals surface area (Å²) in [5.41, 5.74) is 0.519. The first kappa shape index (κ1) is 30.3. The maximum Gasteiger partial charge on any atom is 0.261 e. The predicted octanol–water partition coefficient (Wildman–Crippen LogP) is 5.78. The van der Waals surface area contributed by atoms with Crippen LogP contribution in [0.15, 0.2) is 82.6 Å². The molecule has 1 fully saturated rings. The number of nitrogens with one attached hydrogen (secondary N) is 2. The van der Waals surface area contributed by atoms with Gasteiger partial charge in [0.1, 0.15) is 28.2 Å². The molecule has 0 unspecified atom stereocenters. The summed E-state index contributed by atoms with van der Waals surface area (Å²) in [6.45, 7) is 4.30. The highest BCUT2D eigenvalue weighted by molar-refractivity contribution is 9.10. The number of pyridine rings is 3. The number of amides is 1. The van der Waals surface area contributed by atoms with Crippen LogP contribution < -0.4 is 20.2 Å². The maximum atomic E-state index is 15.2. The minimum atomic E-state index is -0.748. The van der Waals surface area contributed by atoms with Crippen LogP contribution in [0.5, 0.6) is 17.4 Å². The molecule has 5 aromatic rings. The predicted molar refractivity (Wildman–Crippen MR) is 167 cm³/mol. The van der Waals surface area contributed by atoms with Crippen LogP contribution in [0.25, 0.3) is 22.0 Å². The summed E-state index contributed by atoms with van der Waals surface area (Å²) in [5.74, 6) is -1.34. The van der Waals surface area contributed by atoms with Crippen molar-refractivity contribution in [2.24, 2.45) is 0 Å². The number of aromatic amines is 1. The number of carbonyl (C=O) groups is 1. The quantitative estimate of drug-likeness (QED) is 0.202. The molecule has 4 heterocycles. The number of halogens is 3. The molecule has 0 atom stereocenters. The SMILES string of the molecule is O=C(Nc1ccc(Oc2ccnc3c(Br)c(OCCN4CCOCC4)ncc23)c(F)c1)c1c[nH]cc(-c2ccc(F)cc2)c1=O. The number of morpholine rings is 1. The van der Waals surface area contributed by atoms with E-state index in [1.165, 1.54) is 55.0 Å². The molecule has 1 amide bonds. The van der Waals surface area contributed by atoms with Crippen molar-refractivity contribution in [3.8, 4) is 28.5 Å². The Morgan fingerprint density at radius 2 is 1.84 bits per heavy atom. The third-order valence-electron chi connectivity index (χ3n) is 7.16. The topological polar surface area (TPSA) is 119 Å². The lowest BCUT2D eigenvalue weighted by Gasteiger charge is -2.26. The van der Waals surface area contributed by atoms with E-state index >= 15 is 4.39 Å². The third kappa shape index (κ3) is 6.85. The molecule has 2 N–H and O–H groups in total. The number of benzene rings is 2. The average Bonchev–Trinajstić information content (AvgIpc) is 3.05. The number of anilines is 1. The Bertz CT molecular complexity index is 1920. The minimum absolute atomic E-state index is 0.0985. The van der Waals surface area contributed by atoms with Crippen molar-refractivity contribution in [1.82, 2.24) is 19.9 Å². The Morgan fingerprint density at radius 1 is 1.04 bits per heavy atom. The van der Waals surface area contributed by atoms with E-state index < -0.39 is 23.0 Å². The van der Waals surface area contributed by atoms with E-state index in [4.69, 9.17) is 14.2 Å². The van der Waals surface area contributed by atoms with Gasteiger partial charge in [-0.05, 0) is 51.8 Å². The van der Waals surface area contributed by atoms with Gasteiger partial charge in [-0.25, -0.2) is 13.8 Å². The van der Waals surface area contributed by atoms with Gasteiger partial charge in [-0.1, -0.05) is 12.1 Å². The summed E-state index contributed by atoms with van der Waals surface area (Å²) in [4.78, 5) is 39.8. The maximum absolute atomic E-state index is 15.2. The molecular weight excluding hydrogens is 652 g/mol. The van der Waals surface area contributed by atoms with Crippen molar-refractivity contribution < 1.29 is 27.8 Å². The molecule has 1 aliphatic heterocycles. The second-order valence-corrected chi connectivity index (χ2v) is 10.9. The molecule has 10 nitrogen and oxygen atoms in total. The molecule has 0 saturated carbocycles. The summed E-state index contributed by atoms with van der Waals surface area (Å²) in [6, 6.07) is 10.8. The summed E-state index contributed by atoms with van der Waals surface area (Å²) in [5, 5.41) is 3.07. The van der Waals surface area contributed by atoms with Crippen LogP contribution in [0.3, 0.4) is 0 Å². The summed E-state index contributed by atoms with van der Waals surface area (Å²) in [7, 11) is 0. The van der Waals surface area contributed by atoms with Gasteiger partial charge in [-0.2, -0.15) is 0 Å². The third-order valence-corrected chi connectivity index (χ3v) is 7.88. The highest BCUT2D eigenvalue weighted by atomic mass is 79.9. The second kappa shape index (κ2) is 13.5. The lowest BCUT2D eigenvalue weighted by molar-refractivity contribution is 0.0319. The van der Waals surface area contributed by atoms with Gasteiger partial charge in [-0.15, -0.1) is 0 Å². The molecule has 0 aliphatic carbocycles. The lowest BCUT2D eigenvalue weighted by atomic mass is 10.0. The zero-order valence-corrected chi connectivity index (χ0v) is 25.3. The van der Waals surface area contributed by atoms with Gasteiger partial charge in [0.25, 0.3) is 5.91 Å². The van der Waals surface area contributed by atoms with Gasteiger partial charge in [0.05, 0.1) is 24.1 Å². The molecule has 1 saturated heterocycles. The van der Waals surface area contributed by atoms with Crippen LogP contribution in [0.1, 0.15) is 10.4 Å². The zero-order chi connectivity index (χ0) is 31.3. The van der Waals surface area contributed by atoms with Gasteiger partial charge in [0, 0.05) is 61.7 Å². The van der Waals surface area contributed by atoms with Crippen LogP contribution in [0.2, 0.25) is 0 Å². The van der Waals surface area contributed by atoms with Crippen LogP contribution in [0.4, 0.5) is 14.5 Å². The fourth-order valence-corrected chi connectivity index (χ4v) is 5.33. The number of hydrogen-bond donors (Lipinski definition) is 2. The number of hydrogen-bond acceptors (Lipinski definition) is 8. The Morgan fingerprint density at radius 3 is 2.62 bits per heavy atom. The van der Waals surface area contributed by atoms with Crippen molar-refractivity contribution >= 4 is 38.4 Å². The standard InChI is InChI=1S/C32H26BrF2N5O5/c33-28-29-23(18-38-32(28)44-14-11-40-9-12-43-13-10-40)26(7-8-37-29)45-27-6-5-21(15-25(27)35)39-31(42)24-17-36-16-22(30(24)41)19-1-3-20(34)4-2-19/h1-8,15-18H,9-14H2,(H,36,41)(H,39,42). The smallest absolute Gasteiger partial charge is 0.261 e. The summed E-state index contributed by atoms with van der Waals surface area (Å²) in [6.07, 6.45) is 5.76. The Labute approximate surface area is 264 Å². The highest BCUT2D eigenvalue weighted by Crippen LogP contribution is 2.36. The Kier molecular flexibility index (Phi) is 9.10. The van der Waals surface area contributed by atoms with Gasteiger partial charge in [-0.3, -0.25) is 19.5 Å². The Hall–Kier alpha value is -4.72. The number of fused-ring (bicyclic) bond motifs is 1. The largest absolute Gasteiger partial charge is 0.475 e. The first-order valence-electron chi connectivity index (χ1n) is 14.0. The van der Waals surface area contributed by atoms with Crippen LogP contribution in [-0.2, 0) is 4.74 Å².